The molecule has 140 valence electrons. The Bertz CT molecular complexity index is 934. The second-order valence-corrected chi connectivity index (χ2v) is 8.76. The smallest absolute Gasteiger partial charge is 0.303 e. The molecule has 0 aliphatic carbocycles. The van der Waals surface area contributed by atoms with Crippen molar-refractivity contribution in [2.45, 2.75) is 17.7 Å². The summed E-state index contributed by atoms with van der Waals surface area (Å²) in [5.74, 6) is -1.04. The fourth-order valence-corrected chi connectivity index (χ4v) is 5.04. The standard InChI is InChI=1S/C16H13Cl4NO4S/c17-10-4-6-14(13(20)8-10)21(7-1-2-16(22)23)26(24,25)15-9-11(18)3-5-12(15)19/h3-6,8-9H,1-2,7H2,(H,22,23). The molecule has 0 bridgehead atoms. The molecule has 0 radical (unpaired) electrons. The summed E-state index contributed by atoms with van der Waals surface area (Å²) in [6, 6.07) is 8.40. The number of rotatable bonds is 7. The van der Waals surface area contributed by atoms with Crippen LogP contribution in [0.1, 0.15) is 12.8 Å². The zero-order chi connectivity index (χ0) is 19.5. The van der Waals surface area contributed by atoms with Gasteiger partial charge in [0.15, 0.2) is 0 Å². The monoisotopic (exact) mass is 455 g/mol. The van der Waals surface area contributed by atoms with E-state index in [0.717, 1.165) is 4.31 Å². The van der Waals surface area contributed by atoms with Crippen molar-refractivity contribution >= 4 is 68.1 Å². The van der Waals surface area contributed by atoms with E-state index >= 15 is 0 Å². The second-order valence-electron chi connectivity index (χ2n) is 5.24. The van der Waals surface area contributed by atoms with Crippen LogP contribution in [0.15, 0.2) is 41.3 Å². The zero-order valence-electron chi connectivity index (χ0n) is 13.1. The van der Waals surface area contributed by atoms with Gasteiger partial charge in [-0.3, -0.25) is 9.10 Å². The minimum Gasteiger partial charge on any atom is -0.481 e. The van der Waals surface area contributed by atoms with Crippen molar-refractivity contribution < 1.29 is 18.3 Å². The molecule has 2 aromatic carbocycles. The van der Waals surface area contributed by atoms with E-state index in [1.54, 1.807) is 0 Å². The topological polar surface area (TPSA) is 74.7 Å². The van der Waals surface area contributed by atoms with Gasteiger partial charge in [-0.2, -0.15) is 0 Å². The van der Waals surface area contributed by atoms with Gasteiger partial charge >= 0.3 is 5.97 Å². The molecule has 0 saturated carbocycles. The van der Waals surface area contributed by atoms with Crippen LogP contribution in [0.3, 0.4) is 0 Å². The van der Waals surface area contributed by atoms with Crippen molar-refractivity contribution in [1.29, 1.82) is 0 Å². The zero-order valence-corrected chi connectivity index (χ0v) is 17.0. The van der Waals surface area contributed by atoms with Crippen LogP contribution in [0.25, 0.3) is 0 Å². The molecule has 5 nitrogen and oxygen atoms in total. The van der Waals surface area contributed by atoms with E-state index in [1.807, 2.05) is 0 Å². The van der Waals surface area contributed by atoms with Gasteiger partial charge in [0, 0.05) is 23.0 Å². The molecule has 0 unspecified atom stereocenters. The van der Waals surface area contributed by atoms with Gasteiger partial charge in [0.2, 0.25) is 0 Å². The van der Waals surface area contributed by atoms with Crippen LogP contribution in [-0.2, 0) is 14.8 Å². The Balaban J connectivity index is 2.54. The van der Waals surface area contributed by atoms with E-state index in [-0.39, 0.29) is 45.0 Å². The lowest BCUT2D eigenvalue weighted by molar-refractivity contribution is -0.137. The minimum atomic E-state index is -4.14. The number of nitrogens with zero attached hydrogens (tertiary/aromatic N) is 1. The Kier molecular flexibility index (Phi) is 7.05. The van der Waals surface area contributed by atoms with Crippen LogP contribution in [0.4, 0.5) is 5.69 Å². The van der Waals surface area contributed by atoms with Gasteiger partial charge in [0.25, 0.3) is 10.0 Å². The van der Waals surface area contributed by atoms with Crippen molar-refractivity contribution in [3.05, 3.63) is 56.5 Å². The highest BCUT2D eigenvalue weighted by molar-refractivity contribution is 7.93. The number of anilines is 1. The molecule has 0 amide bonds. The summed E-state index contributed by atoms with van der Waals surface area (Å²) in [6.45, 7) is -0.112. The molecule has 0 atom stereocenters. The third kappa shape index (κ3) is 4.96. The van der Waals surface area contributed by atoms with E-state index < -0.39 is 16.0 Å². The molecule has 10 heteroatoms. The number of carboxylic acid groups (broad SMARTS) is 1. The average molecular weight is 457 g/mol. The van der Waals surface area contributed by atoms with Crippen LogP contribution >= 0.6 is 46.4 Å². The molecule has 1 N–H and O–H groups in total. The van der Waals surface area contributed by atoms with Crippen LogP contribution in [-0.4, -0.2) is 26.0 Å². The maximum absolute atomic E-state index is 13.2. The normalized spacial score (nSPS) is 11.4. The molecule has 0 aliphatic heterocycles. The Labute approximate surface area is 171 Å². The van der Waals surface area contributed by atoms with E-state index in [9.17, 15) is 13.2 Å². The van der Waals surface area contributed by atoms with Gasteiger partial charge in [-0.1, -0.05) is 46.4 Å². The predicted molar refractivity (Wildman–Crippen MR) is 104 cm³/mol. The van der Waals surface area contributed by atoms with Gasteiger partial charge in [0.05, 0.1) is 15.7 Å². The molecule has 0 heterocycles. The fraction of sp³-hybridized carbons (Fsp3) is 0.188. The van der Waals surface area contributed by atoms with E-state index in [4.69, 9.17) is 51.5 Å². The minimum absolute atomic E-state index is 0.0114. The van der Waals surface area contributed by atoms with Crippen molar-refractivity contribution in [2.24, 2.45) is 0 Å². The summed E-state index contributed by atoms with van der Waals surface area (Å²) in [4.78, 5) is 10.6. The summed E-state index contributed by atoms with van der Waals surface area (Å²) in [7, 11) is -4.14. The molecule has 2 aromatic rings. The van der Waals surface area contributed by atoms with E-state index in [1.165, 1.54) is 36.4 Å². The van der Waals surface area contributed by atoms with Gasteiger partial charge in [-0.25, -0.2) is 8.42 Å². The van der Waals surface area contributed by atoms with Gasteiger partial charge < -0.3 is 5.11 Å². The largest absolute Gasteiger partial charge is 0.481 e. The number of hydrogen-bond donors (Lipinski definition) is 1. The van der Waals surface area contributed by atoms with Crippen molar-refractivity contribution in [1.82, 2.24) is 0 Å². The maximum atomic E-state index is 13.2. The van der Waals surface area contributed by atoms with Crippen LogP contribution < -0.4 is 4.31 Å². The molecule has 0 aromatic heterocycles. The number of hydrogen-bond acceptors (Lipinski definition) is 3. The molecular formula is C16H13Cl4NO4S. The fourth-order valence-electron chi connectivity index (χ4n) is 2.22. The first-order chi connectivity index (χ1) is 12.1. The number of sulfonamides is 1. The summed E-state index contributed by atoms with van der Waals surface area (Å²) >= 11 is 24.0. The Morgan fingerprint density at radius 3 is 2.19 bits per heavy atom. The molecule has 0 spiro atoms. The molecule has 26 heavy (non-hydrogen) atoms. The van der Waals surface area contributed by atoms with Gasteiger partial charge in [-0.05, 0) is 42.8 Å². The SMILES string of the molecule is O=C(O)CCCN(c1ccc(Cl)cc1Cl)S(=O)(=O)c1cc(Cl)ccc1Cl. The molecule has 0 aliphatic rings. The molecule has 0 saturated heterocycles. The second kappa shape index (κ2) is 8.67. The Morgan fingerprint density at radius 2 is 1.58 bits per heavy atom. The van der Waals surface area contributed by atoms with E-state index in [2.05, 4.69) is 0 Å². The molecule has 2 rings (SSSR count). The summed E-state index contributed by atoms with van der Waals surface area (Å²) < 4.78 is 27.3. The summed E-state index contributed by atoms with van der Waals surface area (Å²) in [5.41, 5.74) is 0.164. The lowest BCUT2D eigenvalue weighted by Gasteiger charge is -2.26. The average Bonchev–Trinajstić information content (AvgIpc) is 2.54. The number of carbonyl (C=O) groups is 1. The molecule has 0 fully saturated rings. The van der Waals surface area contributed by atoms with Crippen molar-refractivity contribution in [3.8, 4) is 0 Å². The van der Waals surface area contributed by atoms with Crippen molar-refractivity contribution in [3.63, 3.8) is 0 Å². The first-order valence-corrected chi connectivity index (χ1v) is 10.2. The maximum Gasteiger partial charge on any atom is 0.303 e. The van der Waals surface area contributed by atoms with E-state index in [0.29, 0.717) is 5.02 Å². The third-order valence-electron chi connectivity index (χ3n) is 3.39. The summed E-state index contributed by atoms with van der Waals surface area (Å²) in [5, 5.41) is 9.46. The first-order valence-electron chi connectivity index (χ1n) is 7.27. The number of aliphatic carboxylic acids is 1. The Morgan fingerprint density at radius 1 is 0.962 bits per heavy atom. The van der Waals surface area contributed by atoms with Crippen LogP contribution in [0.5, 0.6) is 0 Å². The van der Waals surface area contributed by atoms with Crippen LogP contribution in [0.2, 0.25) is 20.1 Å². The highest BCUT2D eigenvalue weighted by Gasteiger charge is 2.29. The predicted octanol–water partition coefficient (Wildman–Crippen LogP) is 5.36. The first kappa shape index (κ1) is 21.1. The summed E-state index contributed by atoms with van der Waals surface area (Å²) in [6.07, 6.45) is -0.133. The van der Waals surface area contributed by atoms with Crippen LogP contribution in [0, 0.1) is 0 Å². The number of halogens is 4. The third-order valence-corrected chi connectivity index (χ3v) is 6.46. The lowest BCUT2D eigenvalue weighted by Crippen LogP contribution is -2.32. The number of carboxylic acids is 1. The quantitative estimate of drug-likeness (QED) is 0.608. The van der Waals surface area contributed by atoms with Crippen molar-refractivity contribution in [2.75, 3.05) is 10.8 Å². The number of benzene rings is 2. The lowest BCUT2D eigenvalue weighted by atomic mass is 10.3. The Hall–Kier alpha value is -1.18. The molecular weight excluding hydrogens is 444 g/mol. The van der Waals surface area contributed by atoms with Gasteiger partial charge in [0.1, 0.15) is 4.90 Å². The highest BCUT2D eigenvalue weighted by atomic mass is 35.5. The van der Waals surface area contributed by atoms with Gasteiger partial charge in [-0.15, -0.1) is 0 Å². The highest BCUT2D eigenvalue weighted by Crippen LogP contribution is 2.35.